The minimum atomic E-state index is 1.06. The molecule has 1 aromatic rings. The van der Waals surface area contributed by atoms with Gasteiger partial charge in [-0.3, -0.25) is 4.68 Å². The number of hydrogen-bond acceptors (Lipinski definition) is 2. The molecule has 0 N–H and O–H groups in total. The Morgan fingerprint density at radius 2 is 2.56 bits per heavy atom. The van der Waals surface area contributed by atoms with Gasteiger partial charge in [-0.05, 0) is 11.8 Å². The highest BCUT2D eigenvalue weighted by molar-refractivity contribution is 7.97. The summed E-state index contributed by atoms with van der Waals surface area (Å²) in [5.74, 6) is 1.06. The van der Waals surface area contributed by atoms with E-state index in [4.69, 9.17) is 0 Å². The van der Waals surface area contributed by atoms with E-state index in [1.54, 1.807) is 0 Å². The second-order valence-corrected chi connectivity index (χ2v) is 2.82. The fourth-order valence-corrected chi connectivity index (χ4v) is 1.20. The van der Waals surface area contributed by atoms with E-state index in [0.29, 0.717) is 0 Å². The van der Waals surface area contributed by atoms with Gasteiger partial charge in [-0.2, -0.15) is 16.9 Å². The Kier molecular flexibility index (Phi) is 2.16. The van der Waals surface area contributed by atoms with Crippen molar-refractivity contribution in [2.45, 2.75) is 5.75 Å². The molecule has 1 heterocycles. The number of nitrogens with zero attached hydrogens (tertiary/aromatic N) is 2. The summed E-state index contributed by atoms with van der Waals surface area (Å²) < 4.78 is 1.82. The van der Waals surface area contributed by atoms with Crippen molar-refractivity contribution in [2.75, 3.05) is 6.26 Å². The molecule has 0 unspecified atom stereocenters. The van der Waals surface area contributed by atoms with Gasteiger partial charge < -0.3 is 0 Å². The molecule has 1 rings (SSSR count). The summed E-state index contributed by atoms with van der Waals surface area (Å²) in [5, 5.41) is 4.04. The molecule has 50 valence electrons. The zero-order chi connectivity index (χ0) is 6.69. The van der Waals surface area contributed by atoms with Gasteiger partial charge in [0, 0.05) is 19.0 Å². The number of hydrogen-bond donors (Lipinski definition) is 0. The first-order valence-corrected chi connectivity index (χ1v) is 4.19. The van der Waals surface area contributed by atoms with Crippen LogP contribution in [0.1, 0.15) is 5.56 Å². The molecule has 2 nitrogen and oxygen atoms in total. The molecule has 1 aromatic heterocycles. The van der Waals surface area contributed by atoms with Gasteiger partial charge in [0.05, 0.1) is 6.20 Å². The number of thioether (sulfide) groups is 1. The Bertz CT molecular complexity index is 183. The van der Waals surface area contributed by atoms with Gasteiger partial charge >= 0.3 is 0 Å². The summed E-state index contributed by atoms with van der Waals surface area (Å²) >= 11 is 1.81. The monoisotopic (exact) mass is 142 g/mol. The first-order chi connectivity index (χ1) is 4.33. The van der Waals surface area contributed by atoms with E-state index < -0.39 is 0 Å². The molecular weight excluding hydrogens is 132 g/mol. The third kappa shape index (κ3) is 1.75. The Morgan fingerprint density at radius 1 is 1.78 bits per heavy atom. The van der Waals surface area contributed by atoms with Crippen LogP contribution in [0.2, 0.25) is 0 Å². The molecule has 9 heavy (non-hydrogen) atoms. The maximum absolute atomic E-state index is 4.04. The highest BCUT2D eigenvalue weighted by atomic mass is 32.2. The van der Waals surface area contributed by atoms with Crippen molar-refractivity contribution in [1.29, 1.82) is 0 Å². The summed E-state index contributed by atoms with van der Waals surface area (Å²) in [5.41, 5.74) is 1.30. The maximum atomic E-state index is 4.04. The summed E-state index contributed by atoms with van der Waals surface area (Å²) in [7, 11) is 1.93. The molecule has 3 heteroatoms. The topological polar surface area (TPSA) is 17.8 Å². The molecule has 0 saturated heterocycles. The third-order valence-electron chi connectivity index (χ3n) is 1.07. The van der Waals surface area contributed by atoms with Gasteiger partial charge in [-0.1, -0.05) is 0 Å². The number of aryl methyl sites for hydroxylation is 1. The lowest BCUT2D eigenvalue weighted by Crippen LogP contribution is -1.84. The fraction of sp³-hybridized carbons (Fsp3) is 0.500. The average molecular weight is 142 g/mol. The van der Waals surface area contributed by atoms with Gasteiger partial charge in [-0.25, -0.2) is 0 Å². The molecule has 0 amide bonds. The van der Waals surface area contributed by atoms with Crippen LogP contribution in [0.15, 0.2) is 12.4 Å². The molecule has 0 aliphatic rings. The molecule has 0 fully saturated rings. The predicted molar refractivity (Wildman–Crippen MR) is 40.4 cm³/mol. The van der Waals surface area contributed by atoms with E-state index in [1.165, 1.54) is 5.56 Å². The van der Waals surface area contributed by atoms with E-state index in [9.17, 15) is 0 Å². The van der Waals surface area contributed by atoms with Crippen molar-refractivity contribution in [3.63, 3.8) is 0 Å². The van der Waals surface area contributed by atoms with Crippen LogP contribution in [-0.4, -0.2) is 16.0 Å². The SMILES string of the molecule is CSCc1cnn(C)c1. The lowest BCUT2D eigenvalue weighted by molar-refractivity contribution is 0.767. The van der Waals surface area contributed by atoms with Crippen molar-refractivity contribution in [2.24, 2.45) is 7.05 Å². The van der Waals surface area contributed by atoms with Crippen LogP contribution in [0, 0.1) is 0 Å². The molecule has 0 bridgehead atoms. The highest BCUT2D eigenvalue weighted by Crippen LogP contribution is 2.05. The van der Waals surface area contributed by atoms with Gasteiger partial charge in [-0.15, -0.1) is 0 Å². The molecular formula is C6H10N2S. The van der Waals surface area contributed by atoms with Crippen LogP contribution >= 0.6 is 11.8 Å². The zero-order valence-corrected chi connectivity index (χ0v) is 6.48. The van der Waals surface area contributed by atoms with Crippen LogP contribution in [0.3, 0.4) is 0 Å². The van der Waals surface area contributed by atoms with Gasteiger partial charge in [0.1, 0.15) is 0 Å². The van der Waals surface area contributed by atoms with Crippen molar-refractivity contribution < 1.29 is 0 Å². The van der Waals surface area contributed by atoms with Crippen molar-refractivity contribution in [3.8, 4) is 0 Å². The minimum absolute atomic E-state index is 1.06. The molecule has 0 aliphatic carbocycles. The van der Waals surface area contributed by atoms with Crippen LogP contribution in [0.5, 0.6) is 0 Å². The van der Waals surface area contributed by atoms with Crippen LogP contribution in [0.4, 0.5) is 0 Å². The molecule has 0 aromatic carbocycles. The predicted octanol–water partition coefficient (Wildman–Crippen LogP) is 1.28. The average Bonchev–Trinajstić information content (AvgIpc) is 2.17. The fourth-order valence-electron chi connectivity index (χ4n) is 0.713. The summed E-state index contributed by atoms with van der Waals surface area (Å²) in [6, 6.07) is 0. The van der Waals surface area contributed by atoms with E-state index >= 15 is 0 Å². The standard InChI is InChI=1S/C6H10N2S/c1-8-4-6(3-7-8)5-9-2/h3-4H,5H2,1-2H3. The largest absolute Gasteiger partial charge is 0.276 e. The summed E-state index contributed by atoms with van der Waals surface area (Å²) in [6.07, 6.45) is 6.03. The van der Waals surface area contributed by atoms with Crippen molar-refractivity contribution >= 4 is 11.8 Å². The Balaban J connectivity index is 2.61. The second-order valence-electron chi connectivity index (χ2n) is 1.96. The van der Waals surface area contributed by atoms with Crippen LogP contribution in [0.25, 0.3) is 0 Å². The lowest BCUT2D eigenvalue weighted by atomic mass is 10.4. The smallest absolute Gasteiger partial charge is 0.0530 e. The molecule has 0 spiro atoms. The van der Waals surface area contributed by atoms with E-state index in [2.05, 4.69) is 11.4 Å². The Labute approximate surface area is 59.3 Å². The number of rotatable bonds is 2. The van der Waals surface area contributed by atoms with Crippen LogP contribution in [-0.2, 0) is 12.8 Å². The lowest BCUT2D eigenvalue weighted by Gasteiger charge is -1.86. The minimum Gasteiger partial charge on any atom is -0.276 e. The first-order valence-electron chi connectivity index (χ1n) is 2.79. The normalized spacial score (nSPS) is 10.0. The van der Waals surface area contributed by atoms with Crippen molar-refractivity contribution in [1.82, 2.24) is 9.78 Å². The Hall–Kier alpha value is -0.440. The first kappa shape index (κ1) is 6.68. The van der Waals surface area contributed by atoms with Gasteiger partial charge in [0.25, 0.3) is 0 Å². The molecule has 0 radical (unpaired) electrons. The zero-order valence-electron chi connectivity index (χ0n) is 5.66. The van der Waals surface area contributed by atoms with E-state index in [1.807, 2.05) is 35.9 Å². The number of aromatic nitrogens is 2. The second kappa shape index (κ2) is 2.92. The molecule has 0 aliphatic heterocycles. The Morgan fingerprint density at radius 3 is 3.00 bits per heavy atom. The van der Waals surface area contributed by atoms with E-state index in [-0.39, 0.29) is 0 Å². The third-order valence-corrected chi connectivity index (χ3v) is 1.69. The quantitative estimate of drug-likeness (QED) is 0.619. The highest BCUT2D eigenvalue weighted by Gasteiger charge is 1.91. The van der Waals surface area contributed by atoms with Gasteiger partial charge in [0.2, 0.25) is 0 Å². The van der Waals surface area contributed by atoms with Crippen LogP contribution < -0.4 is 0 Å². The van der Waals surface area contributed by atoms with E-state index in [0.717, 1.165) is 5.75 Å². The molecule has 0 saturated carbocycles. The van der Waals surface area contributed by atoms with Gasteiger partial charge in [0.15, 0.2) is 0 Å². The van der Waals surface area contributed by atoms with Crippen molar-refractivity contribution in [3.05, 3.63) is 18.0 Å². The molecule has 0 atom stereocenters. The summed E-state index contributed by atoms with van der Waals surface area (Å²) in [4.78, 5) is 0. The summed E-state index contributed by atoms with van der Waals surface area (Å²) in [6.45, 7) is 0. The maximum Gasteiger partial charge on any atom is 0.0530 e.